The summed E-state index contributed by atoms with van der Waals surface area (Å²) in [7, 11) is 1.42. The van der Waals surface area contributed by atoms with Crippen LogP contribution in [0.25, 0.3) is 0 Å². The number of para-hydroxylation sites is 2. The molecule has 0 radical (unpaired) electrons. The summed E-state index contributed by atoms with van der Waals surface area (Å²) in [4.78, 5) is 14.6. The molecule has 0 fully saturated rings. The lowest BCUT2D eigenvalue weighted by atomic mass is 9.62. The minimum Gasteiger partial charge on any atom is -0.452 e. The Bertz CT molecular complexity index is 1110. The van der Waals surface area contributed by atoms with Crippen molar-refractivity contribution in [2.75, 3.05) is 12.0 Å². The second-order valence-electron chi connectivity index (χ2n) is 7.32. The lowest BCUT2D eigenvalue weighted by Crippen LogP contribution is -2.41. The van der Waals surface area contributed by atoms with Crippen molar-refractivity contribution in [3.63, 3.8) is 0 Å². The SMILES string of the molecule is COC(=O)N1c2ccccc2C(c2ccccc2)(c2ccccc2)c2ccccc21. The van der Waals surface area contributed by atoms with Crippen molar-refractivity contribution in [3.05, 3.63) is 131 Å². The smallest absolute Gasteiger partial charge is 0.418 e. The fourth-order valence-electron chi connectivity index (χ4n) is 4.70. The molecule has 1 heterocycles. The van der Waals surface area contributed by atoms with E-state index >= 15 is 0 Å². The molecule has 4 aromatic rings. The second-order valence-corrected chi connectivity index (χ2v) is 7.32. The Balaban J connectivity index is 1.97. The van der Waals surface area contributed by atoms with Gasteiger partial charge in [0.2, 0.25) is 0 Å². The van der Waals surface area contributed by atoms with Crippen LogP contribution < -0.4 is 4.90 Å². The Kier molecular flexibility index (Phi) is 4.36. The molecule has 5 rings (SSSR count). The highest BCUT2D eigenvalue weighted by Crippen LogP contribution is 2.55. The Hall–Kier alpha value is -3.85. The molecule has 0 unspecified atom stereocenters. The second kappa shape index (κ2) is 7.20. The molecule has 146 valence electrons. The van der Waals surface area contributed by atoms with Crippen molar-refractivity contribution in [2.24, 2.45) is 0 Å². The average Bonchev–Trinajstić information content (AvgIpc) is 2.83. The predicted molar refractivity (Wildman–Crippen MR) is 119 cm³/mol. The van der Waals surface area contributed by atoms with E-state index in [1.807, 2.05) is 48.5 Å². The Morgan fingerprint density at radius 3 is 1.47 bits per heavy atom. The highest BCUT2D eigenvalue weighted by molar-refractivity contribution is 6.01. The van der Waals surface area contributed by atoms with Crippen LogP contribution in [0.2, 0.25) is 0 Å². The van der Waals surface area contributed by atoms with Crippen LogP contribution in [0.15, 0.2) is 109 Å². The number of rotatable bonds is 2. The van der Waals surface area contributed by atoms with Crippen molar-refractivity contribution in [1.29, 1.82) is 0 Å². The first-order chi connectivity index (χ1) is 14.8. The number of carbonyl (C=O) groups is 1. The van der Waals surface area contributed by atoms with E-state index < -0.39 is 11.5 Å². The Morgan fingerprint density at radius 1 is 0.633 bits per heavy atom. The van der Waals surface area contributed by atoms with E-state index in [0.29, 0.717) is 0 Å². The lowest BCUT2D eigenvalue weighted by Gasteiger charge is -2.45. The number of ether oxygens (including phenoxy) is 1. The molecule has 30 heavy (non-hydrogen) atoms. The highest BCUT2D eigenvalue weighted by Gasteiger charge is 2.47. The Morgan fingerprint density at radius 2 is 1.03 bits per heavy atom. The molecule has 4 aromatic carbocycles. The van der Waals surface area contributed by atoms with E-state index in [9.17, 15) is 4.79 Å². The number of carbonyl (C=O) groups excluding carboxylic acids is 1. The van der Waals surface area contributed by atoms with E-state index in [0.717, 1.165) is 33.6 Å². The number of benzene rings is 4. The van der Waals surface area contributed by atoms with Gasteiger partial charge in [0.05, 0.1) is 23.9 Å². The zero-order chi connectivity index (χ0) is 20.6. The number of nitrogens with zero attached hydrogens (tertiary/aromatic N) is 1. The van der Waals surface area contributed by atoms with Gasteiger partial charge < -0.3 is 4.74 Å². The number of hydrogen-bond acceptors (Lipinski definition) is 2. The fraction of sp³-hybridized carbons (Fsp3) is 0.0741. The zero-order valence-electron chi connectivity index (χ0n) is 16.7. The van der Waals surface area contributed by atoms with Gasteiger partial charge in [-0.15, -0.1) is 0 Å². The summed E-state index contributed by atoms with van der Waals surface area (Å²) in [6, 6.07) is 37.2. The predicted octanol–water partition coefficient (Wildman–Crippen LogP) is 6.29. The van der Waals surface area contributed by atoms with Gasteiger partial charge >= 0.3 is 6.09 Å². The van der Waals surface area contributed by atoms with Crippen LogP contribution in [-0.4, -0.2) is 13.2 Å². The molecule has 0 bridgehead atoms. The third kappa shape index (κ3) is 2.49. The minimum atomic E-state index is -0.555. The first-order valence-electron chi connectivity index (χ1n) is 9.96. The van der Waals surface area contributed by atoms with Crippen LogP contribution in [-0.2, 0) is 10.2 Å². The van der Waals surface area contributed by atoms with Crippen LogP contribution in [0, 0.1) is 0 Å². The van der Waals surface area contributed by atoms with Gasteiger partial charge in [0.15, 0.2) is 0 Å². The maximum Gasteiger partial charge on any atom is 0.418 e. The van der Waals surface area contributed by atoms with E-state index in [1.54, 1.807) is 4.90 Å². The molecule has 3 heteroatoms. The minimum absolute atomic E-state index is 0.398. The molecule has 0 atom stereocenters. The largest absolute Gasteiger partial charge is 0.452 e. The summed E-state index contributed by atoms with van der Waals surface area (Å²) in [5.41, 5.74) is 5.51. The van der Waals surface area contributed by atoms with E-state index in [4.69, 9.17) is 4.74 Å². The number of hydrogen-bond donors (Lipinski definition) is 0. The van der Waals surface area contributed by atoms with Gasteiger partial charge in [-0.25, -0.2) is 9.69 Å². The lowest BCUT2D eigenvalue weighted by molar-refractivity contribution is 0.181. The number of methoxy groups -OCH3 is 1. The zero-order valence-corrected chi connectivity index (χ0v) is 16.7. The molecule has 0 aliphatic carbocycles. The maximum atomic E-state index is 12.9. The van der Waals surface area contributed by atoms with Gasteiger partial charge in [-0.2, -0.15) is 0 Å². The van der Waals surface area contributed by atoms with Crippen molar-refractivity contribution >= 4 is 17.5 Å². The molecule has 0 spiro atoms. The number of anilines is 2. The number of amides is 1. The summed E-state index contributed by atoms with van der Waals surface area (Å²) in [6.07, 6.45) is -0.398. The molecule has 0 N–H and O–H groups in total. The fourth-order valence-corrected chi connectivity index (χ4v) is 4.70. The summed E-state index contributed by atoms with van der Waals surface area (Å²) in [5.74, 6) is 0. The van der Waals surface area contributed by atoms with Crippen LogP contribution in [0.5, 0.6) is 0 Å². The van der Waals surface area contributed by atoms with E-state index in [2.05, 4.69) is 60.7 Å². The Labute approximate surface area is 176 Å². The van der Waals surface area contributed by atoms with Crippen LogP contribution in [0.1, 0.15) is 22.3 Å². The van der Waals surface area contributed by atoms with Crippen molar-refractivity contribution < 1.29 is 9.53 Å². The molecule has 0 aromatic heterocycles. The monoisotopic (exact) mass is 391 g/mol. The third-order valence-corrected chi connectivity index (χ3v) is 5.87. The van der Waals surface area contributed by atoms with E-state index in [1.165, 1.54) is 7.11 Å². The van der Waals surface area contributed by atoms with Gasteiger partial charge in [0, 0.05) is 0 Å². The van der Waals surface area contributed by atoms with Gasteiger partial charge in [-0.1, -0.05) is 97.1 Å². The normalized spacial score (nSPS) is 13.8. The summed E-state index contributed by atoms with van der Waals surface area (Å²) in [6.45, 7) is 0. The van der Waals surface area contributed by atoms with Crippen LogP contribution in [0.3, 0.4) is 0 Å². The molecule has 1 aliphatic rings. The first kappa shape index (κ1) is 18.2. The molecule has 1 amide bonds. The molecule has 0 saturated carbocycles. The topological polar surface area (TPSA) is 29.5 Å². The summed E-state index contributed by atoms with van der Waals surface area (Å²) >= 11 is 0. The highest BCUT2D eigenvalue weighted by atomic mass is 16.5. The maximum absolute atomic E-state index is 12.9. The van der Waals surface area contributed by atoms with Gasteiger partial charge in [-0.3, -0.25) is 0 Å². The van der Waals surface area contributed by atoms with Gasteiger partial charge in [-0.05, 0) is 34.4 Å². The molecular weight excluding hydrogens is 370 g/mol. The summed E-state index contributed by atoms with van der Waals surface area (Å²) < 4.78 is 5.17. The first-order valence-corrected chi connectivity index (χ1v) is 9.96. The van der Waals surface area contributed by atoms with E-state index in [-0.39, 0.29) is 0 Å². The summed E-state index contributed by atoms with van der Waals surface area (Å²) in [5, 5.41) is 0. The van der Waals surface area contributed by atoms with Crippen molar-refractivity contribution in [1.82, 2.24) is 0 Å². The van der Waals surface area contributed by atoms with Gasteiger partial charge in [0.1, 0.15) is 0 Å². The molecule has 3 nitrogen and oxygen atoms in total. The van der Waals surface area contributed by atoms with Crippen LogP contribution >= 0.6 is 0 Å². The van der Waals surface area contributed by atoms with Crippen molar-refractivity contribution in [2.45, 2.75) is 5.41 Å². The van der Waals surface area contributed by atoms with Crippen LogP contribution in [0.4, 0.5) is 16.2 Å². The molecule has 1 aliphatic heterocycles. The van der Waals surface area contributed by atoms with Gasteiger partial charge in [0.25, 0.3) is 0 Å². The standard InChI is InChI=1S/C27H21NO2/c1-30-26(29)28-24-18-10-8-16-22(24)27(20-12-4-2-5-13-20,21-14-6-3-7-15-21)23-17-9-11-19-25(23)28/h2-19H,1H3. The molecule has 0 saturated heterocycles. The molecular formula is C27H21NO2. The number of fused-ring (bicyclic) bond motifs is 2. The third-order valence-electron chi connectivity index (χ3n) is 5.87. The quantitative estimate of drug-likeness (QED) is 0.402. The average molecular weight is 391 g/mol. The van der Waals surface area contributed by atoms with Crippen molar-refractivity contribution in [3.8, 4) is 0 Å².